The quantitative estimate of drug-likeness (QED) is 0.594. The van der Waals surface area contributed by atoms with Gasteiger partial charge in [0.1, 0.15) is 0 Å². The van der Waals surface area contributed by atoms with Gasteiger partial charge in [0.15, 0.2) is 5.94 Å². The van der Waals surface area contributed by atoms with Crippen molar-refractivity contribution in [3.05, 3.63) is 0 Å². The Hall–Kier alpha value is -0.130. The van der Waals surface area contributed by atoms with Crippen molar-refractivity contribution in [1.29, 1.82) is 0 Å². The Bertz CT molecular complexity index is 173. The second kappa shape index (κ2) is 3.90. The highest BCUT2D eigenvalue weighted by Crippen LogP contribution is 1.89. The zero-order chi connectivity index (χ0) is 8.20. The summed E-state index contributed by atoms with van der Waals surface area (Å²) in [6, 6.07) is 0. The molecule has 0 unspecified atom stereocenters. The van der Waals surface area contributed by atoms with E-state index >= 15 is 0 Å². The molecular formula is C5H13NO3S. The topological polar surface area (TPSA) is 66.4 Å². The number of aliphatic hydroxyl groups is 1. The van der Waals surface area contributed by atoms with Gasteiger partial charge < -0.3 is 5.11 Å². The molecule has 0 aliphatic heterocycles. The summed E-state index contributed by atoms with van der Waals surface area (Å²) in [5.41, 5.74) is 0. The molecule has 0 fully saturated rings. The SMILES string of the molecule is CC(C)CNS(=O)(=O)CO. The number of nitrogens with one attached hydrogen (secondary N) is 1. The highest BCUT2D eigenvalue weighted by molar-refractivity contribution is 7.89. The monoisotopic (exact) mass is 167 g/mol. The smallest absolute Gasteiger partial charge is 0.235 e. The summed E-state index contributed by atoms with van der Waals surface area (Å²) in [7, 11) is -3.41. The molecule has 0 saturated heterocycles. The van der Waals surface area contributed by atoms with Gasteiger partial charge in [0, 0.05) is 6.54 Å². The maximum atomic E-state index is 10.5. The van der Waals surface area contributed by atoms with Crippen LogP contribution in [0.3, 0.4) is 0 Å². The van der Waals surface area contributed by atoms with E-state index in [-0.39, 0.29) is 5.92 Å². The summed E-state index contributed by atoms with van der Waals surface area (Å²) >= 11 is 0. The van der Waals surface area contributed by atoms with Crippen LogP contribution >= 0.6 is 0 Å². The molecule has 0 atom stereocenters. The Morgan fingerprint density at radius 2 is 2.00 bits per heavy atom. The van der Waals surface area contributed by atoms with Crippen molar-refractivity contribution < 1.29 is 13.5 Å². The molecular weight excluding hydrogens is 154 g/mol. The number of rotatable bonds is 4. The van der Waals surface area contributed by atoms with E-state index in [2.05, 4.69) is 4.72 Å². The number of hydrogen-bond acceptors (Lipinski definition) is 3. The van der Waals surface area contributed by atoms with Crippen molar-refractivity contribution in [2.75, 3.05) is 12.5 Å². The Morgan fingerprint density at radius 3 is 2.30 bits per heavy atom. The van der Waals surface area contributed by atoms with Gasteiger partial charge >= 0.3 is 0 Å². The molecule has 0 heterocycles. The highest BCUT2D eigenvalue weighted by atomic mass is 32.2. The normalized spacial score (nSPS) is 12.4. The predicted octanol–water partition coefficient (Wildman–Crippen LogP) is -0.488. The van der Waals surface area contributed by atoms with Gasteiger partial charge in [-0.25, -0.2) is 13.1 Å². The van der Waals surface area contributed by atoms with Crippen LogP contribution in [-0.2, 0) is 10.0 Å². The molecule has 0 aliphatic rings. The van der Waals surface area contributed by atoms with Gasteiger partial charge in [-0.1, -0.05) is 13.8 Å². The fourth-order valence-corrected chi connectivity index (χ4v) is 1.02. The van der Waals surface area contributed by atoms with Crippen molar-refractivity contribution in [1.82, 2.24) is 4.72 Å². The summed E-state index contributed by atoms with van der Waals surface area (Å²) in [5.74, 6) is -0.568. The average molecular weight is 167 g/mol. The van der Waals surface area contributed by atoms with Crippen LogP contribution in [0.15, 0.2) is 0 Å². The Balaban J connectivity index is 3.70. The molecule has 0 bridgehead atoms. The van der Waals surface area contributed by atoms with Crippen LogP contribution in [-0.4, -0.2) is 26.0 Å². The lowest BCUT2D eigenvalue weighted by molar-refractivity contribution is 0.355. The minimum Gasteiger partial charge on any atom is -0.379 e. The minimum atomic E-state index is -3.41. The van der Waals surface area contributed by atoms with Crippen molar-refractivity contribution in [3.63, 3.8) is 0 Å². The fraction of sp³-hybridized carbons (Fsp3) is 1.00. The molecule has 62 valence electrons. The summed E-state index contributed by atoms with van der Waals surface area (Å²) < 4.78 is 23.3. The van der Waals surface area contributed by atoms with Crippen LogP contribution in [0.4, 0.5) is 0 Å². The van der Waals surface area contributed by atoms with E-state index in [9.17, 15) is 8.42 Å². The van der Waals surface area contributed by atoms with E-state index in [1.54, 1.807) is 0 Å². The lowest BCUT2D eigenvalue weighted by Gasteiger charge is -2.05. The minimum absolute atomic E-state index is 0.265. The van der Waals surface area contributed by atoms with Crippen molar-refractivity contribution in [2.45, 2.75) is 13.8 Å². The van der Waals surface area contributed by atoms with Crippen LogP contribution < -0.4 is 4.72 Å². The Labute approximate surface area is 61.3 Å². The van der Waals surface area contributed by atoms with Gasteiger partial charge in [-0.05, 0) is 5.92 Å². The van der Waals surface area contributed by atoms with E-state index in [0.29, 0.717) is 6.54 Å². The molecule has 0 spiro atoms. The Morgan fingerprint density at radius 1 is 1.50 bits per heavy atom. The number of hydrogen-bond donors (Lipinski definition) is 2. The third kappa shape index (κ3) is 4.72. The maximum absolute atomic E-state index is 10.5. The summed E-state index contributed by atoms with van der Waals surface area (Å²) in [6.45, 7) is 4.16. The van der Waals surface area contributed by atoms with Crippen LogP contribution in [0, 0.1) is 5.92 Å². The maximum Gasteiger partial charge on any atom is 0.235 e. The molecule has 0 aliphatic carbocycles. The van der Waals surface area contributed by atoms with Crippen molar-refractivity contribution >= 4 is 10.0 Å². The van der Waals surface area contributed by atoms with Crippen LogP contribution in [0.2, 0.25) is 0 Å². The van der Waals surface area contributed by atoms with Gasteiger partial charge in [-0.15, -0.1) is 0 Å². The van der Waals surface area contributed by atoms with Gasteiger partial charge in [0.05, 0.1) is 0 Å². The summed E-state index contributed by atoms with van der Waals surface area (Å²) in [5, 5.41) is 8.26. The molecule has 2 N–H and O–H groups in total. The molecule has 0 aromatic heterocycles. The molecule has 4 nitrogen and oxygen atoms in total. The van der Waals surface area contributed by atoms with Crippen molar-refractivity contribution in [2.24, 2.45) is 5.92 Å². The molecule has 10 heavy (non-hydrogen) atoms. The molecule has 5 heteroatoms. The van der Waals surface area contributed by atoms with E-state index < -0.39 is 16.0 Å². The average Bonchev–Trinajstić information content (AvgIpc) is 1.85. The van der Waals surface area contributed by atoms with E-state index in [0.717, 1.165) is 0 Å². The summed E-state index contributed by atoms with van der Waals surface area (Å²) in [6.07, 6.45) is 0. The zero-order valence-electron chi connectivity index (χ0n) is 6.16. The van der Waals surface area contributed by atoms with Crippen molar-refractivity contribution in [3.8, 4) is 0 Å². The molecule has 0 rings (SSSR count). The van der Waals surface area contributed by atoms with Crippen LogP contribution in [0.5, 0.6) is 0 Å². The Kier molecular flexibility index (Phi) is 3.85. The third-order valence-electron chi connectivity index (χ3n) is 0.881. The standard InChI is InChI=1S/C5H13NO3S/c1-5(2)3-6-10(8,9)4-7/h5-7H,3-4H2,1-2H3. The first kappa shape index (κ1) is 9.87. The van der Waals surface area contributed by atoms with Gasteiger partial charge in [0.2, 0.25) is 10.0 Å². The lowest BCUT2D eigenvalue weighted by atomic mass is 10.2. The second-order valence-corrected chi connectivity index (χ2v) is 4.26. The van der Waals surface area contributed by atoms with Gasteiger partial charge in [-0.2, -0.15) is 0 Å². The highest BCUT2D eigenvalue weighted by Gasteiger charge is 2.06. The first-order chi connectivity index (χ1) is 4.48. The molecule has 0 saturated carbocycles. The van der Waals surface area contributed by atoms with E-state index in [1.807, 2.05) is 13.8 Å². The molecule has 0 aromatic carbocycles. The van der Waals surface area contributed by atoms with Crippen LogP contribution in [0.1, 0.15) is 13.8 Å². The van der Waals surface area contributed by atoms with Crippen LogP contribution in [0.25, 0.3) is 0 Å². The zero-order valence-corrected chi connectivity index (χ0v) is 6.98. The molecule has 0 amide bonds. The largest absolute Gasteiger partial charge is 0.379 e. The van der Waals surface area contributed by atoms with E-state index in [1.165, 1.54) is 0 Å². The summed E-state index contributed by atoms with van der Waals surface area (Å²) in [4.78, 5) is 0. The predicted molar refractivity (Wildman–Crippen MR) is 38.8 cm³/mol. The van der Waals surface area contributed by atoms with Gasteiger partial charge in [-0.3, -0.25) is 0 Å². The fourth-order valence-electron chi connectivity index (χ4n) is 0.339. The first-order valence-electron chi connectivity index (χ1n) is 3.06. The number of aliphatic hydroxyl groups excluding tert-OH is 1. The number of sulfonamides is 1. The van der Waals surface area contributed by atoms with E-state index in [4.69, 9.17) is 5.11 Å². The van der Waals surface area contributed by atoms with Gasteiger partial charge in [0.25, 0.3) is 0 Å². The second-order valence-electron chi connectivity index (χ2n) is 2.49. The third-order valence-corrected chi connectivity index (χ3v) is 1.83. The lowest BCUT2D eigenvalue weighted by Crippen LogP contribution is -2.29. The first-order valence-corrected chi connectivity index (χ1v) is 4.71. The molecule has 0 radical (unpaired) electrons. The molecule has 0 aromatic rings.